The van der Waals surface area contributed by atoms with Crippen LogP contribution in [0.15, 0.2) is 24.3 Å². The predicted octanol–water partition coefficient (Wildman–Crippen LogP) is 12.3. The van der Waals surface area contributed by atoms with Gasteiger partial charge >= 0.3 is 5.97 Å². The number of carbonyl (C=O) groups excluding carboxylic acids is 1. The fraction of sp³-hybridized carbons (Fsp3) is 0.717. The number of fused-ring (bicyclic) bond motifs is 6. The van der Waals surface area contributed by atoms with Crippen LogP contribution in [0, 0.1) is 23.2 Å². The SMILES string of the molecule is CCCC(C)(C)OC(=O)C1(C)CCCC2(C)c3cc(Cc4cc5c(cc4C(C)C)CCC4C(C)CCCC54C)c(C(C)C)cc3CCC12. The van der Waals surface area contributed by atoms with Gasteiger partial charge in [0.15, 0.2) is 0 Å². The molecule has 2 fully saturated rings. The second-order valence-electron chi connectivity index (χ2n) is 19.0. The lowest BCUT2D eigenvalue weighted by atomic mass is 9.49. The summed E-state index contributed by atoms with van der Waals surface area (Å²) in [6, 6.07) is 10.6. The van der Waals surface area contributed by atoms with Gasteiger partial charge in [-0.05, 0) is 163 Å². The topological polar surface area (TPSA) is 26.3 Å². The van der Waals surface area contributed by atoms with Crippen molar-refractivity contribution in [3.05, 3.63) is 68.8 Å². The number of aryl methyl sites for hydroxylation is 2. The molecule has 0 spiro atoms. The number of esters is 1. The van der Waals surface area contributed by atoms with E-state index in [2.05, 4.69) is 100 Å². The summed E-state index contributed by atoms with van der Waals surface area (Å²) in [7, 11) is 0. The van der Waals surface area contributed by atoms with Crippen LogP contribution in [-0.4, -0.2) is 11.6 Å². The molecule has 0 radical (unpaired) electrons. The lowest BCUT2D eigenvalue weighted by Gasteiger charge is -2.54. The smallest absolute Gasteiger partial charge is 0.312 e. The van der Waals surface area contributed by atoms with Crippen molar-refractivity contribution in [2.45, 2.75) is 188 Å². The Morgan fingerprint density at radius 1 is 0.812 bits per heavy atom. The maximum atomic E-state index is 14.1. The van der Waals surface area contributed by atoms with Crippen LogP contribution in [0.2, 0.25) is 0 Å². The number of carbonyl (C=O) groups is 1. The van der Waals surface area contributed by atoms with Crippen LogP contribution in [0.4, 0.5) is 0 Å². The van der Waals surface area contributed by atoms with Crippen molar-refractivity contribution >= 4 is 5.97 Å². The Kier molecular flexibility index (Phi) is 9.61. The van der Waals surface area contributed by atoms with Gasteiger partial charge in [-0.15, -0.1) is 0 Å². The maximum Gasteiger partial charge on any atom is 0.312 e. The summed E-state index contributed by atoms with van der Waals surface area (Å²) in [5.74, 6) is 2.95. The molecule has 4 aliphatic carbocycles. The Morgan fingerprint density at radius 2 is 1.38 bits per heavy atom. The molecule has 2 saturated carbocycles. The second-order valence-corrected chi connectivity index (χ2v) is 19.0. The summed E-state index contributed by atoms with van der Waals surface area (Å²) in [5.41, 5.74) is 11.9. The molecule has 2 aromatic rings. The first-order valence-electron chi connectivity index (χ1n) is 20.1. The highest BCUT2D eigenvalue weighted by Gasteiger charge is 2.56. The summed E-state index contributed by atoms with van der Waals surface area (Å²) in [4.78, 5) is 14.1. The van der Waals surface area contributed by atoms with Crippen LogP contribution in [0.3, 0.4) is 0 Å². The Balaban J connectivity index is 1.41. The van der Waals surface area contributed by atoms with Crippen molar-refractivity contribution in [3.8, 4) is 0 Å². The molecule has 6 atom stereocenters. The number of benzene rings is 2. The minimum absolute atomic E-state index is 0.0194. The highest BCUT2D eigenvalue weighted by Crippen LogP contribution is 2.59. The van der Waals surface area contributed by atoms with Crippen LogP contribution in [0.5, 0.6) is 0 Å². The van der Waals surface area contributed by atoms with Crippen molar-refractivity contribution in [1.82, 2.24) is 0 Å². The second kappa shape index (κ2) is 12.9. The predicted molar refractivity (Wildman–Crippen MR) is 202 cm³/mol. The highest BCUT2D eigenvalue weighted by atomic mass is 16.6. The maximum absolute atomic E-state index is 14.1. The normalized spacial score (nSPS) is 31.6. The zero-order chi connectivity index (χ0) is 34.8. The van der Waals surface area contributed by atoms with E-state index in [0.29, 0.717) is 23.2 Å². The molecule has 0 bridgehead atoms. The summed E-state index contributed by atoms with van der Waals surface area (Å²) in [5, 5.41) is 0. The monoisotopic (exact) mass is 653 g/mol. The molecule has 2 nitrogen and oxygen atoms in total. The molecular weight excluding hydrogens is 585 g/mol. The van der Waals surface area contributed by atoms with Gasteiger partial charge in [-0.2, -0.15) is 0 Å². The van der Waals surface area contributed by atoms with Crippen molar-refractivity contribution in [2.75, 3.05) is 0 Å². The highest BCUT2D eigenvalue weighted by molar-refractivity contribution is 5.78. The van der Waals surface area contributed by atoms with E-state index in [4.69, 9.17) is 4.74 Å². The molecule has 2 heteroatoms. The number of hydrogen-bond donors (Lipinski definition) is 0. The zero-order valence-electron chi connectivity index (χ0n) is 32.7. The van der Waals surface area contributed by atoms with E-state index in [1.54, 1.807) is 22.3 Å². The molecule has 264 valence electrons. The third kappa shape index (κ3) is 6.02. The van der Waals surface area contributed by atoms with E-state index < -0.39 is 11.0 Å². The molecule has 0 aromatic heterocycles. The van der Waals surface area contributed by atoms with Crippen LogP contribution in [0.25, 0.3) is 0 Å². The minimum Gasteiger partial charge on any atom is -0.459 e. The fourth-order valence-corrected chi connectivity index (χ4v) is 11.9. The van der Waals surface area contributed by atoms with Gasteiger partial charge in [-0.1, -0.05) is 105 Å². The first-order chi connectivity index (χ1) is 22.5. The molecule has 6 unspecified atom stereocenters. The molecule has 0 N–H and O–H groups in total. The molecule has 0 amide bonds. The molecule has 6 rings (SSSR count). The largest absolute Gasteiger partial charge is 0.459 e. The van der Waals surface area contributed by atoms with Crippen LogP contribution >= 0.6 is 0 Å². The van der Waals surface area contributed by atoms with Gasteiger partial charge in [0.2, 0.25) is 0 Å². The minimum atomic E-state index is -0.445. The van der Waals surface area contributed by atoms with Gasteiger partial charge in [-0.25, -0.2) is 0 Å². The summed E-state index contributed by atoms with van der Waals surface area (Å²) < 4.78 is 6.35. The Labute approximate surface area is 294 Å². The van der Waals surface area contributed by atoms with Gasteiger partial charge in [0.1, 0.15) is 5.60 Å². The van der Waals surface area contributed by atoms with Crippen molar-refractivity contribution in [3.63, 3.8) is 0 Å². The Hall–Kier alpha value is -2.09. The van der Waals surface area contributed by atoms with E-state index in [0.717, 1.165) is 63.2 Å². The van der Waals surface area contributed by atoms with Gasteiger partial charge in [0.05, 0.1) is 5.41 Å². The van der Waals surface area contributed by atoms with Gasteiger partial charge < -0.3 is 4.74 Å². The molecule has 4 aliphatic rings. The van der Waals surface area contributed by atoms with Gasteiger partial charge in [0.25, 0.3) is 0 Å². The lowest BCUT2D eigenvalue weighted by Crippen LogP contribution is -2.54. The lowest BCUT2D eigenvalue weighted by molar-refractivity contribution is -0.178. The average Bonchev–Trinajstić information content (AvgIpc) is 3.00. The average molecular weight is 653 g/mol. The third-order valence-corrected chi connectivity index (χ3v) is 14.5. The van der Waals surface area contributed by atoms with E-state index >= 15 is 0 Å². The Bertz CT molecular complexity index is 1530. The quantitative estimate of drug-likeness (QED) is 0.265. The molecule has 2 aromatic carbocycles. The van der Waals surface area contributed by atoms with Crippen LogP contribution in [0.1, 0.15) is 197 Å². The van der Waals surface area contributed by atoms with Gasteiger partial charge in [-0.3, -0.25) is 4.79 Å². The number of rotatable bonds is 8. The van der Waals surface area contributed by atoms with Crippen molar-refractivity contribution in [1.29, 1.82) is 0 Å². The third-order valence-electron chi connectivity index (χ3n) is 14.5. The molecule has 0 aliphatic heterocycles. The first-order valence-corrected chi connectivity index (χ1v) is 20.1. The van der Waals surface area contributed by atoms with Crippen LogP contribution < -0.4 is 0 Å². The van der Waals surface area contributed by atoms with E-state index in [1.165, 1.54) is 54.4 Å². The molecular formula is C46H68O2. The van der Waals surface area contributed by atoms with Crippen LogP contribution in [-0.2, 0) is 39.6 Å². The molecule has 0 heterocycles. The molecule has 0 saturated heterocycles. The zero-order valence-corrected chi connectivity index (χ0v) is 32.7. The summed E-state index contributed by atoms with van der Waals surface area (Å²) >= 11 is 0. The first kappa shape index (κ1) is 35.7. The van der Waals surface area contributed by atoms with Gasteiger partial charge in [0, 0.05) is 0 Å². The Morgan fingerprint density at radius 3 is 1.96 bits per heavy atom. The summed E-state index contributed by atoms with van der Waals surface area (Å²) in [6.07, 6.45) is 14.9. The van der Waals surface area contributed by atoms with Crippen molar-refractivity contribution in [2.24, 2.45) is 23.2 Å². The summed E-state index contributed by atoms with van der Waals surface area (Å²) in [6.45, 7) is 25.8. The fourth-order valence-electron chi connectivity index (χ4n) is 11.9. The standard InChI is InChI=1S/C46H68O2/c1-12-20-43(7,8)48-42(47)46(11)23-14-22-45(10)40-28-35(37(30(4)5)26-33(40)17-19-41(45)46)24-34-27-39-32(25-36(34)29(2)3)16-18-38-31(6)15-13-21-44(38,39)9/h25-31,38,41H,12-24H2,1-11H3. The van der Waals surface area contributed by atoms with Crippen molar-refractivity contribution < 1.29 is 9.53 Å². The van der Waals surface area contributed by atoms with E-state index in [1.807, 2.05) is 0 Å². The van der Waals surface area contributed by atoms with E-state index in [-0.39, 0.29) is 11.4 Å². The number of hydrogen-bond acceptors (Lipinski definition) is 2. The molecule has 48 heavy (non-hydrogen) atoms. The number of ether oxygens (including phenoxy) is 1. The van der Waals surface area contributed by atoms with E-state index in [9.17, 15) is 4.79 Å².